The Morgan fingerprint density at radius 3 is 2.67 bits per heavy atom. The highest BCUT2D eigenvalue weighted by atomic mass is 16.5. The van der Waals surface area contributed by atoms with Crippen molar-refractivity contribution in [2.24, 2.45) is 17.3 Å². The second-order valence-corrected chi connectivity index (χ2v) is 6.11. The van der Waals surface area contributed by atoms with Crippen LogP contribution in [0.25, 0.3) is 0 Å². The van der Waals surface area contributed by atoms with Crippen LogP contribution < -0.4 is 0 Å². The monoisotopic (exact) mass is 248 g/mol. The number of hydrogen-bond donors (Lipinski definition) is 0. The standard InChI is InChI=1S/C16H24O2/c1-16(2)11-7-6-10-14(16)12-18-15(17)13-8-4-3-5-9-13/h3-4,7,11,13-14H,5-6,8-10,12H2,1-2H3. The van der Waals surface area contributed by atoms with Crippen molar-refractivity contribution in [2.75, 3.05) is 6.61 Å². The molecular formula is C16H24O2. The molecule has 0 heterocycles. The van der Waals surface area contributed by atoms with E-state index in [1.807, 2.05) is 0 Å². The zero-order valence-corrected chi connectivity index (χ0v) is 11.5. The van der Waals surface area contributed by atoms with Crippen LogP contribution in [0.4, 0.5) is 0 Å². The van der Waals surface area contributed by atoms with Crippen molar-refractivity contribution in [1.29, 1.82) is 0 Å². The molecule has 0 amide bonds. The Morgan fingerprint density at radius 2 is 2.00 bits per heavy atom. The SMILES string of the molecule is CC1(C)C=CCCC1COC(=O)C1CC=CCC1. The van der Waals surface area contributed by atoms with Gasteiger partial charge < -0.3 is 4.74 Å². The third kappa shape index (κ3) is 3.24. The number of hydrogen-bond acceptors (Lipinski definition) is 2. The summed E-state index contributed by atoms with van der Waals surface area (Å²) in [6.45, 7) is 5.03. The van der Waals surface area contributed by atoms with Crippen LogP contribution in [0.1, 0.15) is 46.0 Å². The Balaban J connectivity index is 1.82. The average molecular weight is 248 g/mol. The first-order valence-corrected chi connectivity index (χ1v) is 7.09. The third-order valence-corrected chi connectivity index (χ3v) is 4.31. The van der Waals surface area contributed by atoms with Gasteiger partial charge >= 0.3 is 5.97 Å². The molecule has 0 aromatic rings. The lowest BCUT2D eigenvalue weighted by molar-refractivity contribution is -0.151. The fourth-order valence-corrected chi connectivity index (χ4v) is 2.80. The predicted molar refractivity (Wildman–Crippen MR) is 73.1 cm³/mol. The van der Waals surface area contributed by atoms with Gasteiger partial charge in [-0.25, -0.2) is 0 Å². The minimum atomic E-state index is 0.00435. The van der Waals surface area contributed by atoms with Crippen LogP contribution in [0.2, 0.25) is 0 Å². The van der Waals surface area contributed by atoms with Gasteiger partial charge in [-0.05, 0) is 37.5 Å². The summed E-state index contributed by atoms with van der Waals surface area (Å²) in [5, 5.41) is 0. The number of esters is 1. The maximum absolute atomic E-state index is 12.0. The fourth-order valence-electron chi connectivity index (χ4n) is 2.80. The van der Waals surface area contributed by atoms with E-state index in [9.17, 15) is 4.79 Å². The summed E-state index contributed by atoms with van der Waals surface area (Å²) >= 11 is 0. The number of allylic oxidation sites excluding steroid dienone is 4. The summed E-state index contributed by atoms with van der Waals surface area (Å²) in [4.78, 5) is 12.0. The molecule has 2 unspecified atom stereocenters. The van der Waals surface area contributed by atoms with Crippen molar-refractivity contribution in [2.45, 2.75) is 46.0 Å². The minimum Gasteiger partial charge on any atom is -0.465 e. The van der Waals surface area contributed by atoms with E-state index in [0.717, 1.165) is 32.1 Å². The van der Waals surface area contributed by atoms with Gasteiger partial charge in [0.25, 0.3) is 0 Å². The largest absolute Gasteiger partial charge is 0.465 e. The molecule has 0 saturated carbocycles. The summed E-state index contributed by atoms with van der Waals surface area (Å²) in [7, 11) is 0. The molecule has 2 rings (SSSR count). The van der Waals surface area contributed by atoms with Crippen LogP contribution in [0.3, 0.4) is 0 Å². The molecule has 0 spiro atoms. The van der Waals surface area contributed by atoms with E-state index < -0.39 is 0 Å². The van der Waals surface area contributed by atoms with Crippen LogP contribution in [-0.4, -0.2) is 12.6 Å². The molecule has 2 heteroatoms. The van der Waals surface area contributed by atoms with E-state index in [1.54, 1.807) is 0 Å². The van der Waals surface area contributed by atoms with E-state index in [-0.39, 0.29) is 17.3 Å². The Morgan fingerprint density at radius 1 is 1.22 bits per heavy atom. The lowest BCUT2D eigenvalue weighted by atomic mass is 9.73. The average Bonchev–Trinajstić information content (AvgIpc) is 2.38. The quantitative estimate of drug-likeness (QED) is 0.559. The van der Waals surface area contributed by atoms with Gasteiger partial charge in [0.15, 0.2) is 0 Å². The van der Waals surface area contributed by atoms with Crippen LogP contribution >= 0.6 is 0 Å². The molecule has 2 aliphatic rings. The maximum Gasteiger partial charge on any atom is 0.309 e. The molecule has 2 nitrogen and oxygen atoms in total. The van der Waals surface area contributed by atoms with Gasteiger partial charge in [-0.2, -0.15) is 0 Å². The predicted octanol–water partition coefficient (Wildman–Crippen LogP) is 3.88. The third-order valence-electron chi connectivity index (χ3n) is 4.31. The molecule has 2 aliphatic carbocycles. The van der Waals surface area contributed by atoms with E-state index in [2.05, 4.69) is 38.2 Å². The second kappa shape index (κ2) is 5.73. The zero-order valence-electron chi connectivity index (χ0n) is 11.5. The van der Waals surface area contributed by atoms with Crippen LogP contribution in [0.15, 0.2) is 24.3 Å². The Kier molecular flexibility index (Phi) is 4.26. The topological polar surface area (TPSA) is 26.3 Å². The maximum atomic E-state index is 12.0. The van der Waals surface area contributed by atoms with Gasteiger partial charge in [-0.1, -0.05) is 38.2 Å². The van der Waals surface area contributed by atoms with Crippen molar-refractivity contribution in [3.63, 3.8) is 0 Å². The Hall–Kier alpha value is -1.05. The fraction of sp³-hybridized carbons (Fsp3) is 0.688. The molecule has 0 N–H and O–H groups in total. The molecule has 0 bridgehead atoms. The molecule has 0 aromatic heterocycles. The Bertz CT molecular complexity index is 352. The smallest absolute Gasteiger partial charge is 0.309 e. The number of carbonyl (C=O) groups excluding carboxylic acids is 1. The zero-order chi connectivity index (χ0) is 13.0. The van der Waals surface area contributed by atoms with E-state index >= 15 is 0 Å². The molecule has 18 heavy (non-hydrogen) atoms. The summed E-state index contributed by atoms with van der Waals surface area (Å²) in [5.41, 5.74) is 0.158. The highest BCUT2D eigenvalue weighted by Gasteiger charge is 2.30. The molecule has 100 valence electrons. The molecule has 0 fully saturated rings. The lowest BCUT2D eigenvalue weighted by Gasteiger charge is -2.34. The van der Waals surface area contributed by atoms with Crippen molar-refractivity contribution in [3.8, 4) is 0 Å². The normalized spacial score (nSPS) is 30.1. The molecule has 0 aliphatic heterocycles. The highest BCUT2D eigenvalue weighted by molar-refractivity contribution is 5.72. The first-order valence-electron chi connectivity index (χ1n) is 7.09. The minimum absolute atomic E-state index is 0.00435. The summed E-state index contributed by atoms with van der Waals surface area (Å²) < 4.78 is 5.55. The van der Waals surface area contributed by atoms with Gasteiger partial charge in [0.2, 0.25) is 0 Å². The molecular weight excluding hydrogens is 224 g/mol. The molecule has 0 saturated heterocycles. The van der Waals surface area contributed by atoms with Gasteiger partial charge in [0.05, 0.1) is 12.5 Å². The van der Waals surface area contributed by atoms with Crippen molar-refractivity contribution in [1.82, 2.24) is 0 Å². The molecule has 0 aromatic carbocycles. The first kappa shape index (κ1) is 13.4. The molecule has 2 atom stereocenters. The molecule has 0 radical (unpaired) electrons. The highest BCUT2D eigenvalue weighted by Crippen LogP contribution is 2.36. The van der Waals surface area contributed by atoms with Crippen molar-refractivity contribution >= 4 is 5.97 Å². The van der Waals surface area contributed by atoms with Gasteiger partial charge in [0.1, 0.15) is 0 Å². The Labute approximate surface area is 110 Å². The number of carbonyl (C=O) groups is 1. The van der Waals surface area contributed by atoms with Crippen LogP contribution in [0.5, 0.6) is 0 Å². The van der Waals surface area contributed by atoms with Gasteiger partial charge in [-0.3, -0.25) is 4.79 Å². The van der Waals surface area contributed by atoms with Crippen molar-refractivity contribution < 1.29 is 9.53 Å². The lowest BCUT2D eigenvalue weighted by Crippen LogP contribution is -2.31. The van der Waals surface area contributed by atoms with Gasteiger partial charge in [0, 0.05) is 5.92 Å². The van der Waals surface area contributed by atoms with E-state index in [1.165, 1.54) is 0 Å². The van der Waals surface area contributed by atoms with Gasteiger partial charge in [-0.15, -0.1) is 0 Å². The second-order valence-electron chi connectivity index (χ2n) is 6.11. The number of ether oxygens (including phenoxy) is 1. The van der Waals surface area contributed by atoms with Crippen LogP contribution in [0, 0.1) is 17.3 Å². The van der Waals surface area contributed by atoms with Crippen LogP contribution in [-0.2, 0) is 9.53 Å². The number of rotatable bonds is 3. The first-order chi connectivity index (χ1) is 8.59. The summed E-state index contributed by atoms with van der Waals surface area (Å²) in [5.74, 6) is 0.563. The summed E-state index contributed by atoms with van der Waals surface area (Å²) in [6, 6.07) is 0. The summed E-state index contributed by atoms with van der Waals surface area (Å²) in [6.07, 6.45) is 13.8. The van der Waals surface area contributed by atoms with E-state index in [4.69, 9.17) is 4.74 Å². The van der Waals surface area contributed by atoms with E-state index in [0.29, 0.717) is 12.5 Å². The van der Waals surface area contributed by atoms with Crippen molar-refractivity contribution in [3.05, 3.63) is 24.3 Å².